The molecule has 0 aliphatic carbocycles. The highest BCUT2D eigenvalue weighted by molar-refractivity contribution is 5.97. The summed E-state index contributed by atoms with van der Waals surface area (Å²) in [6.07, 6.45) is 0.0171. The largest absolute Gasteiger partial charge is 0.493 e. The summed E-state index contributed by atoms with van der Waals surface area (Å²) in [7, 11) is 0. The van der Waals surface area contributed by atoms with E-state index in [-0.39, 0.29) is 24.2 Å². The van der Waals surface area contributed by atoms with Crippen LogP contribution in [0.25, 0.3) is 0 Å². The first kappa shape index (κ1) is 21.9. The fourth-order valence-corrected chi connectivity index (χ4v) is 2.48. The molecule has 0 heterocycles. The number of carbonyl (C=O) groups excluding carboxylic acids is 2. The molecule has 0 saturated carbocycles. The molecule has 0 atom stereocenters. The maximum absolute atomic E-state index is 14.1. The summed E-state index contributed by atoms with van der Waals surface area (Å²) in [5.41, 5.74) is 0.279. The number of hydrogen-bond donors (Lipinski definition) is 0. The summed E-state index contributed by atoms with van der Waals surface area (Å²) in [6, 6.07) is 14.1. The molecule has 0 aromatic heterocycles. The third-order valence-electron chi connectivity index (χ3n) is 3.87. The van der Waals surface area contributed by atoms with Crippen LogP contribution in [0, 0.1) is 23.1 Å². The predicted molar refractivity (Wildman–Crippen MR) is 106 cm³/mol. The molecule has 152 valence electrons. The number of halogens is 1. The summed E-state index contributed by atoms with van der Waals surface area (Å²) in [4.78, 5) is 25.9. The number of hydrogen-bond acceptors (Lipinski definition) is 5. The Hall–Kier alpha value is -3.40. The molecule has 2 rings (SSSR count). The maximum atomic E-state index is 14.1. The lowest BCUT2D eigenvalue weighted by Crippen LogP contribution is -2.36. The van der Waals surface area contributed by atoms with Gasteiger partial charge in [-0.05, 0) is 36.2 Å². The molecule has 0 unspecified atom stereocenters. The maximum Gasteiger partial charge on any atom is 0.338 e. The van der Waals surface area contributed by atoms with Gasteiger partial charge in [-0.1, -0.05) is 32.0 Å². The summed E-state index contributed by atoms with van der Waals surface area (Å²) in [5.74, 6) is -1.05. The second-order valence-electron chi connectivity index (χ2n) is 6.71. The zero-order chi connectivity index (χ0) is 21.2. The van der Waals surface area contributed by atoms with E-state index >= 15 is 0 Å². The monoisotopic (exact) mass is 398 g/mol. The molecular formula is C22H23FN2O4. The van der Waals surface area contributed by atoms with E-state index in [0.717, 1.165) is 4.90 Å². The Bertz CT molecular complexity index is 892. The van der Waals surface area contributed by atoms with Gasteiger partial charge in [0.1, 0.15) is 11.6 Å². The van der Waals surface area contributed by atoms with Crippen LogP contribution in [0.5, 0.6) is 5.75 Å². The molecule has 6 nitrogen and oxygen atoms in total. The van der Waals surface area contributed by atoms with Gasteiger partial charge in [-0.15, -0.1) is 0 Å². The number of amides is 1. The van der Waals surface area contributed by atoms with Crippen molar-refractivity contribution in [2.45, 2.75) is 20.3 Å². The number of nitrogens with zero attached hydrogens (tertiary/aromatic N) is 2. The number of rotatable bonds is 9. The zero-order valence-electron chi connectivity index (χ0n) is 16.4. The van der Waals surface area contributed by atoms with E-state index in [4.69, 9.17) is 14.7 Å². The molecule has 0 radical (unpaired) electrons. The van der Waals surface area contributed by atoms with Crippen molar-refractivity contribution >= 4 is 17.6 Å². The van der Waals surface area contributed by atoms with E-state index in [9.17, 15) is 14.0 Å². The first-order valence-corrected chi connectivity index (χ1v) is 9.24. The lowest BCUT2D eigenvalue weighted by molar-refractivity contribution is -0.121. The number of esters is 1. The highest BCUT2D eigenvalue weighted by Crippen LogP contribution is 2.20. The molecule has 0 spiro atoms. The van der Waals surface area contributed by atoms with Crippen molar-refractivity contribution in [3.8, 4) is 11.8 Å². The predicted octanol–water partition coefficient (Wildman–Crippen LogP) is 3.96. The molecule has 29 heavy (non-hydrogen) atoms. The van der Waals surface area contributed by atoms with E-state index in [0.29, 0.717) is 18.3 Å². The molecular weight excluding hydrogens is 375 g/mol. The fourth-order valence-electron chi connectivity index (χ4n) is 2.48. The van der Waals surface area contributed by atoms with E-state index in [1.807, 2.05) is 19.9 Å². The van der Waals surface area contributed by atoms with Crippen LogP contribution >= 0.6 is 0 Å². The number of nitriles is 1. The molecule has 2 aromatic carbocycles. The molecule has 1 amide bonds. The lowest BCUT2D eigenvalue weighted by atomic mass is 10.2. The van der Waals surface area contributed by atoms with Crippen molar-refractivity contribution in [2.75, 3.05) is 24.7 Å². The van der Waals surface area contributed by atoms with Gasteiger partial charge in [0.2, 0.25) is 0 Å². The third kappa shape index (κ3) is 6.61. The van der Waals surface area contributed by atoms with Crippen LogP contribution in [0.15, 0.2) is 48.5 Å². The van der Waals surface area contributed by atoms with Crippen LogP contribution in [0.3, 0.4) is 0 Å². The number of benzene rings is 2. The van der Waals surface area contributed by atoms with Crippen LogP contribution in [0.4, 0.5) is 10.1 Å². The van der Waals surface area contributed by atoms with Crippen molar-refractivity contribution in [3.63, 3.8) is 0 Å². The summed E-state index contributed by atoms with van der Waals surface area (Å²) in [5, 5.41) is 8.80. The van der Waals surface area contributed by atoms with E-state index in [2.05, 4.69) is 0 Å². The van der Waals surface area contributed by atoms with Crippen LogP contribution in [0.2, 0.25) is 0 Å². The zero-order valence-corrected chi connectivity index (χ0v) is 16.4. The molecule has 0 saturated heterocycles. The molecule has 0 fully saturated rings. The smallest absolute Gasteiger partial charge is 0.338 e. The molecule has 7 heteroatoms. The molecule has 0 bridgehead atoms. The Morgan fingerprint density at radius 3 is 2.62 bits per heavy atom. The Morgan fingerprint density at radius 1 is 1.17 bits per heavy atom. The fraction of sp³-hybridized carbons (Fsp3) is 0.318. The first-order chi connectivity index (χ1) is 13.9. The second-order valence-corrected chi connectivity index (χ2v) is 6.71. The van der Waals surface area contributed by atoms with Gasteiger partial charge in [-0.25, -0.2) is 9.18 Å². The van der Waals surface area contributed by atoms with Crippen molar-refractivity contribution in [3.05, 3.63) is 59.9 Å². The molecule has 2 aromatic rings. The average molecular weight is 398 g/mol. The first-order valence-electron chi connectivity index (χ1n) is 9.24. The van der Waals surface area contributed by atoms with Crippen molar-refractivity contribution in [1.82, 2.24) is 0 Å². The Morgan fingerprint density at radius 2 is 1.93 bits per heavy atom. The van der Waals surface area contributed by atoms with Crippen molar-refractivity contribution in [2.24, 2.45) is 5.92 Å². The lowest BCUT2D eigenvalue weighted by Gasteiger charge is -2.22. The standard InChI is InChI=1S/C22H23FN2O4/c1-16(2)14-28-18-8-5-7-17(13-18)22(27)29-15-21(26)25(12-6-11-24)20-10-4-3-9-19(20)23/h3-5,7-10,13,16H,6,12,14-15H2,1-2H3. The van der Waals surface area contributed by atoms with Gasteiger partial charge in [0.25, 0.3) is 5.91 Å². The molecule has 0 aliphatic rings. The summed E-state index contributed by atoms with van der Waals surface area (Å²) < 4.78 is 24.8. The van der Waals surface area contributed by atoms with Gasteiger partial charge >= 0.3 is 5.97 Å². The Labute approximate surface area is 169 Å². The summed E-state index contributed by atoms with van der Waals surface area (Å²) >= 11 is 0. The Kier molecular flexibility index (Phi) is 8.16. The minimum absolute atomic E-state index is 0.00759. The van der Waals surface area contributed by atoms with Gasteiger partial charge < -0.3 is 14.4 Å². The highest BCUT2D eigenvalue weighted by Gasteiger charge is 2.20. The van der Waals surface area contributed by atoms with Crippen molar-refractivity contribution < 1.29 is 23.5 Å². The van der Waals surface area contributed by atoms with Crippen LogP contribution < -0.4 is 9.64 Å². The van der Waals surface area contributed by atoms with Crippen LogP contribution in [-0.4, -0.2) is 31.6 Å². The number of ether oxygens (including phenoxy) is 2. The van der Waals surface area contributed by atoms with Gasteiger partial charge in [-0.2, -0.15) is 5.26 Å². The van der Waals surface area contributed by atoms with Gasteiger partial charge in [-0.3, -0.25) is 4.79 Å². The number of anilines is 1. The topological polar surface area (TPSA) is 79.6 Å². The van der Waals surface area contributed by atoms with Gasteiger partial charge in [0.05, 0.1) is 30.3 Å². The molecule has 0 aliphatic heterocycles. The highest BCUT2D eigenvalue weighted by atomic mass is 19.1. The number of para-hydroxylation sites is 1. The minimum Gasteiger partial charge on any atom is -0.493 e. The van der Waals surface area contributed by atoms with Crippen LogP contribution in [0.1, 0.15) is 30.6 Å². The van der Waals surface area contributed by atoms with Gasteiger partial charge in [0, 0.05) is 6.54 Å². The normalized spacial score (nSPS) is 10.3. The minimum atomic E-state index is -0.692. The quantitative estimate of drug-likeness (QED) is 0.597. The molecule has 0 N–H and O–H groups in total. The second kappa shape index (κ2) is 10.8. The van der Waals surface area contributed by atoms with Crippen molar-refractivity contribution in [1.29, 1.82) is 5.26 Å². The summed E-state index contributed by atoms with van der Waals surface area (Å²) in [6.45, 7) is 3.95. The SMILES string of the molecule is CC(C)COc1cccc(C(=O)OCC(=O)N(CCC#N)c2ccccc2F)c1. The average Bonchev–Trinajstić information content (AvgIpc) is 2.72. The number of carbonyl (C=O) groups is 2. The third-order valence-corrected chi connectivity index (χ3v) is 3.87. The van der Waals surface area contributed by atoms with E-state index in [1.54, 1.807) is 30.3 Å². The van der Waals surface area contributed by atoms with E-state index in [1.165, 1.54) is 18.2 Å². The van der Waals surface area contributed by atoms with Crippen LogP contribution in [-0.2, 0) is 9.53 Å². The Balaban J connectivity index is 2.04. The van der Waals surface area contributed by atoms with Gasteiger partial charge in [0.15, 0.2) is 6.61 Å². The van der Waals surface area contributed by atoms with E-state index < -0.39 is 24.3 Å².